The van der Waals surface area contributed by atoms with Crippen LogP contribution in [0.1, 0.15) is 29.4 Å². The molecule has 1 amide bonds. The van der Waals surface area contributed by atoms with E-state index in [4.69, 9.17) is 4.74 Å². The molecular formula is C24H25N3O6S. The first kappa shape index (κ1) is 23.6. The summed E-state index contributed by atoms with van der Waals surface area (Å²) in [4.78, 5) is 43.7. The zero-order chi connectivity index (χ0) is 24.5. The van der Waals surface area contributed by atoms with Crippen LogP contribution < -0.4 is 10.5 Å². The number of rotatable bonds is 6. The molecule has 0 unspecified atom stereocenters. The second kappa shape index (κ2) is 9.38. The fourth-order valence-electron chi connectivity index (χ4n) is 4.22. The SMILES string of the molecule is CCn1c(=O)c(C)nc2cc(C(=O)OCC(=O)N(c3ccccc3)[C@@H]3CCS(=O)(=O)C3)ccc21. The lowest BCUT2D eigenvalue weighted by Crippen LogP contribution is -2.43. The Bertz CT molecular complexity index is 1420. The summed E-state index contributed by atoms with van der Waals surface area (Å²) in [5.41, 5.74) is 1.95. The first-order chi connectivity index (χ1) is 16.2. The van der Waals surface area contributed by atoms with Crippen molar-refractivity contribution in [1.82, 2.24) is 9.55 Å². The summed E-state index contributed by atoms with van der Waals surface area (Å²) in [7, 11) is -3.22. The average Bonchev–Trinajstić information content (AvgIpc) is 3.18. The summed E-state index contributed by atoms with van der Waals surface area (Å²) >= 11 is 0. The van der Waals surface area contributed by atoms with Crippen molar-refractivity contribution in [2.75, 3.05) is 23.0 Å². The molecular weight excluding hydrogens is 458 g/mol. The third-order valence-electron chi connectivity index (χ3n) is 5.86. The van der Waals surface area contributed by atoms with Crippen LogP contribution in [0.3, 0.4) is 0 Å². The molecule has 2 heterocycles. The number of hydrogen-bond acceptors (Lipinski definition) is 7. The van der Waals surface area contributed by atoms with Crippen LogP contribution in [0, 0.1) is 6.92 Å². The van der Waals surface area contributed by atoms with Crippen molar-refractivity contribution >= 4 is 38.4 Å². The number of para-hydroxylation sites is 1. The molecule has 0 bridgehead atoms. The number of nitrogens with zero attached hydrogens (tertiary/aromatic N) is 3. The van der Waals surface area contributed by atoms with Gasteiger partial charge in [-0.2, -0.15) is 0 Å². The highest BCUT2D eigenvalue weighted by Gasteiger charge is 2.35. The Kier molecular flexibility index (Phi) is 6.52. The van der Waals surface area contributed by atoms with Gasteiger partial charge in [0.1, 0.15) is 5.69 Å². The van der Waals surface area contributed by atoms with Gasteiger partial charge in [-0.15, -0.1) is 0 Å². The van der Waals surface area contributed by atoms with Gasteiger partial charge in [0.15, 0.2) is 16.4 Å². The van der Waals surface area contributed by atoms with Crippen molar-refractivity contribution in [2.24, 2.45) is 0 Å². The maximum absolute atomic E-state index is 13.1. The summed E-state index contributed by atoms with van der Waals surface area (Å²) in [5.74, 6) is -1.33. The van der Waals surface area contributed by atoms with E-state index in [0.717, 1.165) is 0 Å². The lowest BCUT2D eigenvalue weighted by atomic mass is 10.1. The van der Waals surface area contributed by atoms with E-state index in [2.05, 4.69) is 4.98 Å². The van der Waals surface area contributed by atoms with Gasteiger partial charge in [0.05, 0.1) is 34.1 Å². The third kappa shape index (κ3) is 4.72. The molecule has 2 aromatic carbocycles. The van der Waals surface area contributed by atoms with Crippen LogP contribution in [0.4, 0.5) is 5.69 Å². The summed E-state index contributed by atoms with van der Waals surface area (Å²) < 4.78 is 30.9. The Labute approximate surface area is 196 Å². The maximum atomic E-state index is 13.1. The number of aryl methyl sites for hydroxylation is 2. The number of amides is 1. The highest BCUT2D eigenvalue weighted by atomic mass is 32.2. The van der Waals surface area contributed by atoms with Gasteiger partial charge in [-0.1, -0.05) is 18.2 Å². The molecule has 9 nitrogen and oxygen atoms in total. The summed E-state index contributed by atoms with van der Waals surface area (Å²) in [5, 5.41) is 0. The number of esters is 1. The normalized spacial score (nSPS) is 16.9. The number of aromatic nitrogens is 2. The van der Waals surface area contributed by atoms with Crippen molar-refractivity contribution in [2.45, 2.75) is 32.9 Å². The van der Waals surface area contributed by atoms with E-state index < -0.39 is 34.4 Å². The quantitative estimate of drug-likeness (QED) is 0.493. The molecule has 0 spiro atoms. The van der Waals surface area contributed by atoms with E-state index >= 15 is 0 Å². The molecule has 1 fully saturated rings. The fraction of sp³-hybridized carbons (Fsp3) is 0.333. The van der Waals surface area contributed by atoms with Crippen molar-refractivity contribution in [3.8, 4) is 0 Å². The highest BCUT2D eigenvalue weighted by molar-refractivity contribution is 7.91. The summed E-state index contributed by atoms with van der Waals surface area (Å²) in [6.07, 6.45) is 0.325. The number of benzene rings is 2. The van der Waals surface area contributed by atoms with E-state index in [1.165, 1.54) is 17.0 Å². The van der Waals surface area contributed by atoms with Crippen molar-refractivity contribution < 1.29 is 22.7 Å². The Hall–Kier alpha value is -3.53. The molecule has 1 aromatic heterocycles. The lowest BCUT2D eigenvalue weighted by molar-refractivity contribution is -0.122. The van der Waals surface area contributed by atoms with Crippen molar-refractivity contribution in [3.63, 3.8) is 0 Å². The van der Waals surface area contributed by atoms with E-state index in [1.54, 1.807) is 47.9 Å². The molecule has 1 aliphatic rings. The number of fused-ring (bicyclic) bond motifs is 1. The van der Waals surface area contributed by atoms with Crippen LogP contribution in [-0.2, 0) is 25.9 Å². The van der Waals surface area contributed by atoms with E-state index in [-0.39, 0.29) is 22.6 Å². The largest absolute Gasteiger partial charge is 0.452 e. The Morgan fingerprint density at radius 3 is 2.56 bits per heavy atom. The number of ether oxygens (including phenoxy) is 1. The van der Waals surface area contributed by atoms with Gasteiger partial charge in [-0.25, -0.2) is 18.2 Å². The van der Waals surface area contributed by atoms with Gasteiger partial charge in [0.25, 0.3) is 11.5 Å². The first-order valence-corrected chi connectivity index (χ1v) is 12.8. The second-order valence-electron chi connectivity index (χ2n) is 8.18. The van der Waals surface area contributed by atoms with Gasteiger partial charge in [0.2, 0.25) is 0 Å². The van der Waals surface area contributed by atoms with Crippen LogP contribution in [0.25, 0.3) is 11.0 Å². The fourth-order valence-corrected chi connectivity index (χ4v) is 5.92. The lowest BCUT2D eigenvalue weighted by Gasteiger charge is -2.28. The predicted octanol–water partition coefficient (Wildman–Crippen LogP) is 2.10. The molecule has 0 radical (unpaired) electrons. The monoisotopic (exact) mass is 483 g/mol. The zero-order valence-electron chi connectivity index (χ0n) is 18.9. The number of carbonyl (C=O) groups is 2. The average molecular weight is 484 g/mol. The molecule has 1 saturated heterocycles. The molecule has 0 saturated carbocycles. The van der Waals surface area contributed by atoms with Gasteiger partial charge in [-0.3, -0.25) is 9.59 Å². The molecule has 0 aliphatic carbocycles. The van der Waals surface area contributed by atoms with E-state index in [1.807, 2.05) is 6.92 Å². The number of hydrogen-bond donors (Lipinski definition) is 0. The summed E-state index contributed by atoms with van der Waals surface area (Å²) in [6.45, 7) is 3.38. The summed E-state index contributed by atoms with van der Waals surface area (Å²) in [6, 6.07) is 12.9. The number of sulfone groups is 1. The molecule has 0 N–H and O–H groups in total. The van der Waals surface area contributed by atoms with Gasteiger partial charge in [0, 0.05) is 12.2 Å². The van der Waals surface area contributed by atoms with Crippen molar-refractivity contribution in [1.29, 1.82) is 0 Å². The third-order valence-corrected chi connectivity index (χ3v) is 7.61. The van der Waals surface area contributed by atoms with E-state index in [0.29, 0.717) is 35.4 Å². The van der Waals surface area contributed by atoms with Crippen LogP contribution in [-0.4, -0.2) is 54.0 Å². The molecule has 3 aromatic rings. The minimum atomic E-state index is -3.22. The minimum absolute atomic E-state index is 0.0143. The van der Waals surface area contributed by atoms with Gasteiger partial charge < -0.3 is 14.2 Å². The predicted molar refractivity (Wildman–Crippen MR) is 128 cm³/mol. The second-order valence-corrected chi connectivity index (χ2v) is 10.4. The minimum Gasteiger partial charge on any atom is -0.452 e. The topological polar surface area (TPSA) is 116 Å². The van der Waals surface area contributed by atoms with Gasteiger partial charge in [-0.05, 0) is 50.6 Å². The van der Waals surface area contributed by atoms with Crippen LogP contribution in [0.5, 0.6) is 0 Å². The molecule has 10 heteroatoms. The number of carbonyl (C=O) groups excluding carboxylic acids is 2. The Morgan fingerprint density at radius 2 is 1.91 bits per heavy atom. The molecule has 34 heavy (non-hydrogen) atoms. The Balaban J connectivity index is 1.54. The number of anilines is 1. The first-order valence-electron chi connectivity index (χ1n) is 11.0. The standard InChI is InChI=1S/C24H25N3O6S/c1-3-26-21-10-9-17(13-20(21)25-16(2)23(26)29)24(30)33-14-22(28)27(18-7-5-4-6-8-18)19-11-12-34(31,32)15-19/h4-10,13,19H,3,11-12,14-15H2,1-2H3/t19-/m1/s1. The van der Waals surface area contributed by atoms with E-state index in [9.17, 15) is 22.8 Å². The highest BCUT2D eigenvalue weighted by Crippen LogP contribution is 2.25. The Morgan fingerprint density at radius 1 is 1.18 bits per heavy atom. The molecule has 1 aliphatic heterocycles. The maximum Gasteiger partial charge on any atom is 0.338 e. The smallest absolute Gasteiger partial charge is 0.338 e. The molecule has 1 atom stereocenters. The molecule has 178 valence electrons. The van der Waals surface area contributed by atoms with Crippen LogP contribution in [0.15, 0.2) is 53.3 Å². The van der Waals surface area contributed by atoms with Crippen LogP contribution >= 0.6 is 0 Å². The van der Waals surface area contributed by atoms with Crippen LogP contribution in [0.2, 0.25) is 0 Å². The van der Waals surface area contributed by atoms with Gasteiger partial charge >= 0.3 is 5.97 Å². The molecule has 4 rings (SSSR count). The van der Waals surface area contributed by atoms with Crippen molar-refractivity contribution in [3.05, 3.63) is 70.1 Å². The zero-order valence-corrected chi connectivity index (χ0v) is 19.7.